The molecule has 2 aromatic heterocycles. The Hall–Kier alpha value is -2.85. The molecule has 33 heavy (non-hydrogen) atoms. The predicted molar refractivity (Wildman–Crippen MR) is 118 cm³/mol. The van der Waals surface area contributed by atoms with E-state index >= 15 is 0 Å². The Morgan fingerprint density at radius 2 is 1.48 bits per heavy atom. The SMILES string of the molecule is CC(C)(C)OC(=O)N1CC(Nc2cnn(C3CC3)c2F)CCC1Nc1cnn(C2CC2)c1F. The maximum atomic E-state index is 14.8. The number of carbonyl (C=O) groups is 1. The van der Waals surface area contributed by atoms with Crippen molar-refractivity contribution in [3.63, 3.8) is 0 Å². The van der Waals surface area contributed by atoms with Crippen molar-refractivity contribution in [3.05, 3.63) is 24.3 Å². The molecule has 2 unspecified atom stereocenters. The smallest absolute Gasteiger partial charge is 0.412 e. The Morgan fingerprint density at radius 3 is 2.00 bits per heavy atom. The zero-order valence-corrected chi connectivity index (χ0v) is 19.2. The van der Waals surface area contributed by atoms with Crippen molar-refractivity contribution in [2.24, 2.45) is 0 Å². The minimum Gasteiger partial charge on any atom is -0.444 e. The van der Waals surface area contributed by atoms with Gasteiger partial charge in [-0.3, -0.25) is 4.90 Å². The molecule has 5 rings (SSSR count). The van der Waals surface area contributed by atoms with Crippen molar-refractivity contribution in [1.82, 2.24) is 24.5 Å². The lowest BCUT2D eigenvalue weighted by molar-refractivity contribution is 0.0117. The van der Waals surface area contributed by atoms with E-state index in [9.17, 15) is 13.6 Å². The molecule has 0 radical (unpaired) electrons. The summed E-state index contributed by atoms with van der Waals surface area (Å²) in [6.07, 6.45) is 6.90. The second kappa shape index (κ2) is 8.18. The first-order valence-corrected chi connectivity index (χ1v) is 11.7. The number of amides is 1. The molecular formula is C22H31F2N7O2. The molecule has 2 aliphatic carbocycles. The van der Waals surface area contributed by atoms with Gasteiger partial charge in [-0.1, -0.05) is 0 Å². The van der Waals surface area contributed by atoms with Crippen molar-refractivity contribution in [1.29, 1.82) is 0 Å². The van der Waals surface area contributed by atoms with E-state index in [0.29, 0.717) is 18.5 Å². The van der Waals surface area contributed by atoms with Gasteiger partial charge in [-0.25, -0.2) is 14.2 Å². The molecule has 0 aromatic carbocycles. The Kier molecular flexibility index (Phi) is 5.44. The number of anilines is 2. The van der Waals surface area contributed by atoms with Crippen LogP contribution in [0.15, 0.2) is 12.4 Å². The zero-order valence-electron chi connectivity index (χ0n) is 19.2. The molecule has 180 valence electrons. The van der Waals surface area contributed by atoms with Crippen molar-refractivity contribution in [2.45, 2.75) is 89.2 Å². The van der Waals surface area contributed by atoms with Gasteiger partial charge in [0.2, 0.25) is 11.9 Å². The quantitative estimate of drug-likeness (QED) is 0.665. The van der Waals surface area contributed by atoms with Crippen LogP contribution in [0.4, 0.5) is 25.0 Å². The van der Waals surface area contributed by atoms with Crippen molar-refractivity contribution in [2.75, 3.05) is 17.2 Å². The van der Waals surface area contributed by atoms with Gasteiger partial charge < -0.3 is 15.4 Å². The van der Waals surface area contributed by atoms with Crippen LogP contribution in [0, 0.1) is 11.9 Å². The summed E-state index contributed by atoms with van der Waals surface area (Å²) in [5, 5.41) is 14.7. The largest absolute Gasteiger partial charge is 0.444 e. The van der Waals surface area contributed by atoms with Crippen LogP contribution in [0.1, 0.15) is 71.4 Å². The molecule has 0 bridgehead atoms. The first kappa shape index (κ1) is 22.0. The normalized spacial score (nSPS) is 23.5. The lowest BCUT2D eigenvalue weighted by Crippen LogP contribution is -2.55. The summed E-state index contributed by atoms with van der Waals surface area (Å²) in [5.74, 6) is -0.799. The van der Waals surface area contributed by atoms with Gasteiger partial charge in [-0.15, -0.1) is 0 Å². The molecule has 2 atom stereocenters. The molecule has 1 saturated heterocycles. The lowest BCUT2D eigenvalue weighted by Gasteiger charge is -2.40. The number of nitrogens with one attached hydrogen (secondary N) is 2. The van der Waals surface area contributed by atoms with Crippen LogP contribution < -0.4 is 10.6 Å². The van der Waals surface area contributed by atoms with Gasteiger partial charge in [0.05, 0.1) is 24.5 Å². The third-order valence-corrected chi connectivity index (χ3v) is 6.15. The van der Waals surface area contributed by atoms with E-state index in [1.807, 2.05) is 0 Å². The fourth-order valence-corrected chi connectivity index (χ4v) is 4.20. The average molecular weight is 464 g/mol. The van der Waals surface area contributed by atoms with Crippen molar-refractivity contribution < 1.29 is 18.3 Å². The summed E-state index contributed by atoms with van der Waals surface area (Å²) in [4.78, 5) is 14.6. The van der Waals surface area contributed by atoms with Gasteiger partial charge in [-0.2, -0.15) is 19.0 Å². The monoisotopic (exact) mass is 463 g/mol. The minimum atomic E-state index is -0.679. The first-order chi connectivity index (χ1) is 15.7. The van der Waals surface area contributed by atoms with E-state index in [1.54, 1.807) is 25.7 Å². The van der Waals surface area contributed by atoms with Crippen LogP contribution >= 0.6 is 0 Å². The van der Waals surface area contributed by atoms with Gasteiger partial charge in [0.1, 0.15) is 23.1 Å². The second-order valence-corrected chi connectivity index (χ2v) is 10.3. The average Bonchev–Trinajstić information content (AvgIpc) is 3.67. The van der Waals surface area contributed by atoms with E-state index < -0.39 is 23.8 Å². The topological polar surface area (TPSA) is 89.2 Å². The van der Waals surface area contributed by atoms with Crippen LogP contribution in [-0.4, -0.2) is 54.9 Å². The van der Waals surface area contributed by atoms with Crippen LogP contribution in [0.25, 0.3) is 0 Å². The highest BCUT2D eigenvalue weighted by Gasteiger charge is 2.37. The Morgan fingerprint density at radius 1 is 0.939 bits per heavy atom. The number of aromatic nitrogens is 4. The van der Waals surface area contributed by atoms with Gasteiger partial charge in [0, 0.05) is 12.6 Å². The van der Waals surface area contributed by atoms with E-state index in [1.165, 1.54) is 21.8 Å². The molecule has 11 heteroatoms. The maximum absolute atomic E-state index is 14.8. The zero-order chi connectivity index (χ0) is 23.3. The number of hydrogen-bond donors (Lipinski definition) is 2. The first-order valence-electron chi connectivity index (χ1n) is 11.7. The molecular weight excluding hydrogens is 432 g/mol. The van der Waals surface area contributed by atoms with E-state index in [2.05, 4.69) is 20.8 Å². The predicted octanol–water partition coefficient (Wildman–Crippen LogP) is 4.28. The number of nitrogens with zero attached hydrogens (tertiary/aromatic N) is 5. The van der Waals surface area contributed by atoms with Crippen molar-refractivity contribution in [3.8, 4) is 0 Å². The van der Waals surface area contributed by atoms with Crippen LogP contribution in [0.5, 0.6) is 0 Å². The number of carbonyl (C=O) groups excluding carboxylic acids is 1. The van der Waals surface area contributed by atoms with Gasteiger partial charge >= 0.3 is 6.09 Å². The molecule has 3 heterocycles. The third-order valence-electron chi connectivity index (χ3n) is 6.15. The highest BCUT2D eigenvalue weighted by molar-refractivity contribution is 5.69. The number of halogens is 2. The summed E-state index contributed by atoms with van der Waals surface area (Å²) >= 11 is 0. The maximum Gasteiger partial charge on any atom is 0.412 e. The number of piperidine rings is 1. The molecule has 2 N–H and O–H groups in total. The summed E-state index contributed by atoms with van der Waals surface area (Å²) in [6, 6.07) is 0.0695. The molecule has 2 saturated carbocycles. The molecule has 3 aliphatic rings. The molecule has 1 aliphatic heterocycles. The molecule has 1 amide bonds. The minimum absolute atomic E-state index is 0.119. The molecule has 3 fully saturated rings. The molecule has 0 spiro atoms. The van der Waals surface area contributed by atoms with E-state index in [-0.39, 0.29) is 36.3 Å². The van der Waals surface area contributed by atoms with Gasteiger partial charge in [0.25, 0.3) is 0 Å². The highest BCUT2D eigenvalue weighted by Crippen LogP contribution is 2.37. The number of likely N-dealkylation sites (tertiary alicyclic amines) is 1. The fourth-order valence-electron chi connectivity index (χ4n) is 4.20. The highest BCUT2D eigenvalue weighted by atomic mass is 19.1. The van der Waals surface area contributed by atoms with Crippen LogP contribution in [-0.2, 0) is 4.74 Å². The third kappa shape index (κ3) is 4.77. The number of hydrogen-bond acceptors (Lipinski definition) is 6. The second-order valence-electron chi connectivity index (χ2n) is 10.3. The lowest BCUT2D eigenvalue weighted by atomic mass is 10.0. The van der Waals surface area contributed by atoms with Crippen LogP contribution in [0.2, 0.25) is 0 Å². The number of rotatable bonds is 6. The molecule has 2 aromatic rings. The Balaban J connectivity index is 1.31. The Bertz CT molecular complexity index is 1020. The van der Waals surface area contributed by atoms with Crippen LogP contribution in [0.3, 0.4) is 0 Å². The van der Waals surface area contributed by atoms with E-state index in [0.717, 1.165) is 25.7 Å². The standard InChI is InChI=1S/C22H31F2N7O2/c1-22(2,3)33-21(32)29-12-13(27-16-10-25-30(19(16)23)14-5-6-14)4-9-18(29)28-17-11-26-31(20(17)24)15-7-8-15/h10-11,13-15,18,27-28H,4-9,12H2,1-3H3. The molecule has 9 nitrogen and oxygen atoms in total. The fraction of sp³-hybridized carbons (Fsp3) is 0.682. The summed E-state index contributed by atoms with van der Waals surface area (Å²) in [7, 11) is 0. The summed E-state index contributed by atoms with van der Waals surface area (Å²) < 4.78 is 37.9. The summed E-state index contributed by atoms with van der Waals surface area (Å²) in [6.45, 7) is 5.68. The van der Waals surface area contributed by atoms with Crippen molar-refractivity contribution >= 4 is 17.5 Å². The summed E-state index contributed by atoms with van der Waals surface area (Å²) in [5.41, 5.74) is -0.0791. The van der Waals surface area contributed by atoms with Gasteiger partial charge in [-0.05, 0) is 59.3 Å². The number of ether oxygens (including phenoxy) is 1. The van der Waals surface area contributed by atoms with E-state index in [4.69, 9.17) is 4.74 Å². The Labute approximate surface area is 191 Å². The van der Waals surface area contributed by atoms with Gasteiger partial charge in [0.15, 0.2) is 0 Å².